The van der Waals surface area contributed by atoms with Crippen LogP contribution in [0.4, 0.5) is 4.79 Å². The van der Waals surface area contributed by atoms with Crippen molar-refractivity contribution in [1.29, 1.82) is 0 Å². The summed E-state index contributed by atoms with van der Waals surface area (Å²) in [5.74, 6) is 0. The third-order valence-corrected chi connectivity index (χ3v) is 9.14. The van der Waals surface area contributed by atoms with Crippen LogP contribution < -0.4 is 11.0 Å². The number of hydrogen-bond acceptors (Lipinski definition) is 5. The van der Waals surface area contributed by atoms with Gasteiger partial charge >= 0.3 is 11.8 Å². The summed E-state index contributed by atoms with van der Waals surface area (Å²) in [4.78, 5) is 32.5. The number of aromatic nitrogens is 4. The van der Waals surface area contributed by atoms with Crippen LogP contribution in [0.15, 0.2) is 15.5 Å². The molecule has 2 N–H and O–H groups in total. The summed E-state index contributed by atoms with van der Waals surface area (Å²) in [5, 5.41) is 4.13. The third kappa shape index (κ3) is 5.62. The number of fused-ring (bicyclic) bond motifs is 3. The van der Waals surface area contributed by atoms with Crippen molar-refractivity contribution < 1.29 is 14.3 Å². The maximum atomic E-state index is 12.9. The first kappa shape index (κ1) is 26.2. The molecule has 3 aromatic heterocycles. The van der Waals surface area contributed by atoms with E-state index in [9.17, 15) is 9.59 Å². The number of imidazole rings is 1. The topological polar surface area (TPSA) is 103 Å². The Morgan fingerprint density at radius 2 is 2.03 bits per heavy atom. The molecule has 12 heteroatoms. The normalized spacial score (nSPS) is 18.7. The summed E-state index contributed by atoms with van der Waals surface area (Å²) < 4.78 is 15.5. The first-order valence-electron chi connectivity index (χ1n) is 11.8. The summed E-state index contributed by atoms with van der Waals surface area (Å²) in [7, 11) is -1.21. The van der Waals surface area contributed by atoms with Gasteiger partial charge in [-0.1, -0.05) is 31.2 Å². The Bertz CT molecular complexity index is 1310. The van der Waals surface area contributed by atoms with Crippen LogP contribution in [-0.4, -0.2) is 51.5 Å². The second kappa shape index (κ2) is 9.57. The highest BCUT2D eigenvalue weighted by Gasteiger charge is 2.35. The first-order valence-corrected chi connectivity index (χ1v) is 16.7. The fourth-order valence-corrected chi connectivity index (χ4v) is 5.78. The van der Waals surface area contributed by atoms with E-state index in [4.69, 9.17) is 21.1 Å². The highest BCUT2D eigenvalue weighted by Crippen LogP contribution is 2.40. The zero-order chi connectivity index (χ0) is 25.7. The van der Waals surface area contributed by atoms with Crippen molar-refractivity contribution in [3.8, 4) is 0 Å². The molecule has 1 amide bonds. The molecule has 35 heavy (non-hydrogen) atoms. The van der Waals surface area contributed by atoms with Crippen molar-refractivity contribution in [3.05, 3.63) is 26.3 Å². The molecule has 0 bridgehead atoms. The zero-order valence-electron chi connectivity index (χ0n) is 21.0. The van der Waals surface area contributed by atoms with Crippen molar-refractivity contribution in [3.63, 3.8) is 0 Å². The molecular formula is C23H33BrClN5O4Si. The van der Waals surface area contributed by atoms with Gasteiger partial charge in [0.1, 0.15) is 23.1 Å². The predicted octanol–water partition coefficient (Wildman–Crippen LogP) is 5.64. The smallest absolute Gasteiger partial charge is 0.407 e. The lowest BCUT2D eigenvalue weighted by Crippen LogP contribution is -2.48. The van der Waals surface area contributed by atoms with Gasteiger partial charge in [-0.05, 0) is 55.6 Å². The third-order valence-electron chi connectivity index (χ3n) is 6.04. The predicted molar refractivity (Wildman–Crippen MR) is 144 cm³/mol. The van der Waals surface area contributed by atoms with Gasteiger partial charge in [-0.3, -0.25) is 9.13 Å². The van der Waals surface area contributed by atoms with Crippen LogP contribution in [0.1, 0.15) is 39.7 Å². The van der Waals surface area contributed by atoms with Crippen molar-refractivity contribution in [2.45, 2.75) is 83.7 Å². The number of H-pyrrole nitrogens is 1. The summed E-state index contributed by atoms with van der Waals surface area (Å²) in [6.07, 6.45) is 2.47. The highest BCUT2D eigenvalue weighted by atomic mass is 79.9. The number of ether oxygens (including phenoxy) is 2. The molecule has 1 fully saturated rings. The molecule has 1 aliphatic carbocycles. The number of amides is 1. The Kier molecular flexibility index (Phi) is 7.17. The summed E-state index contributed by atoms with van der Waals surface area (Å²) in [6.45, 7) is 13.3. The summed E-state index contributed by atoms with van der Waals surface area (Å²) >= 11 is 10.3. The van der Waals surface area contributed by atoms with E-state index < -0.39 is 19.8 Å². The van der Waals surface area contributed by atoms with Gasteiger partial charge in [-0.2, -0.15) is 0 Å². The maximum Gasteiger partial charge on any atom is 0.407 e. The molecule has 0 aromatic carbocycles. The van der Waals surface area contributed by atoms with Gasteiger partial charge in [0, 0.05) is 26.8 Å². The van der Waals surface area contributed by atoms with E-state index in [1.54, 1.807) is 10.8 Å². The molecule has 0 radical (unpaired) electrons. The second-order valence-electron chi connectivity index (χ2n) is 11.4. The van der Waals surface area contributed by atoms with Crippen LogP contribution in [-0.2, 0) is 16.2 Å². The summed E-state index contributed by atoms with van der Waals surface area (Å²) in [6, 6.07) is 0.935. The molecule has 3 aromatic rings. The number of nitrogens with one attached hydrogen (secondary N) is 2. The van der Waals surface area contributed by atoms with Crippen molar-refractivity contribution >= 4 is 63.8 Å². The second-order valence-corrected chi connectivity index (χ2v) is 18.1. The number of nitrogens with zero attached hydrogens (tertiary/aromatic N) is 3. The number of aromatic amines is 1. The van der Waals surface area contributed by atoms with Crippen molar-refractivity contribution in [1.82, 2.24) is 24.4 Å². The van der Waals surface area contributed by atoms with E-state index in [-0.39, 0.29) is 24.5 Å². The number of pyridine rings is 1. The quantitative estimate of drug-likeness (QED) is 0.276. The lowest BCUT2D eigenvalue weighted by molar-refractivity contribution is 0.0457. The van der Waals surface area contributed by atoms with Gasteiger partial charge in [0.05, 0.1) is 27.1 Å². The standard InChI is InChI=1S/C23H33BrClN5O4Si/c1-23(2,3)34-22(32)27-13-9-14(10-13)30-18-15(28-21(30)31)11-26-20-16(18)17(24)19(25)29(20)12-33-7-8-35(4,5)6/h11,13-14H,7-10,12H2,1-6H3,(H,27,32)(H,28,31). The van der Waals surface area contributed by atoms with E-state index in [1.807, 2.05) is 25.3 Å². The fourth-order valence-electron chi connectivity index (χ4n) is 4.22. The zero-order valence-corrected chi connectivity index (χ0v) is 24.3. The molecule has 1 saturated carbocycles. The Morgan fingerprint density at radius 1 is 1.34 bits per heavy atom. The van der Waals surface area contributed by atoms with Gasteiger partial charge in [0.15, 0.2) is 0 Å². The fraction of sp³-hybridized carbons (Fsp3) is 0.609. The van der Waals surface area contributed by atoms with E-state index in [0.29, 0.717) is 40.2 Å². The van der Waals surface area contributed by atoms with Crippen LogP contribution in [0.25, 0.3) is 22.1 Å². The molecule has 9 nitrogen and oxygen atoms in total. The van der Waals surface area contributed by atoms with Gasteiger partial charge in [0.2, 0.25) is 0 Å². The number of rotatable bonds is 7. The largest absolute Gasteiger partial charge is 0.444 e. The molecule has 192 valence electrons. The highest BCUT2D eigenvalue weighted by molar-refractivity contribution is 9.10. The van der Waals surface area contributed by atoms with Gasteiger partial charge in [0.25, 0.3) is 0 Å². The SMILES string of the molecule is CC(C)(C)OC(=O)NC1CC(n2c(=O)[nH]c3cnc4c(c(Br)c(Cl)n4COCC[Si](C)(C)C)c32)C1. The van der Waals surface area contributed by atoms with Crippen LogP contribution >= 0.6 is 27.5 Å². The van der Waals surface area contributed by atoms with Crippen LogP contribution in [0.3, 0.4) is 0 Å². The molecule has 0 spiro atoms. The number of halogens is 2. The molecule has 0 unspecified atom stereocenters. The van der Waals surface area contributed by atoms with Crippen molar-refractivity contribution in [2.75, 3.05) is 6.61 Å². The van der Waals surface area contributed by atoms with Crippen LogP contribution in [0, 0.1) is 0 Å². The lowest BCUT2D eigenvalue weighted by Gasteiger charge is -2.36. The Morgan fingerprint density at radius 3 is 2.66 bits per heavy atom. The van der Waals surface area contributed by atoms with Crippen LogP contribution in [0.2, 0.25) is 30.8 Å². The van der Waals surface area contributed by atoms with E-state index in [2.05, 4.69) is 50.9 Å². The maximum absolute atomic E-state index is 12.9. The minimum absolute atomic E-state index is 0.0552. The van der Waals surface area contributed by atoms with E-state index in [0.717, 1.165) is 16.9 Å². The van der Waals surface area contributed by atoms with Gasteiger partial charge in [-0.15, -0.1) is 0 Å². The minimum Gasteiger partial charge on any atom is -0.444 e. The van der Waals surface area contributed by atoms with Gasteiger partial charge in [-0.25, -0.2) is 14.6 Å². The number of alkyl carbamates (subject to hydrolysis) is 1. The molecular weight excluding hydrogens is 554 g/mol. The molecule has 3 heterocycles. The number of carbonyl (C=O) groups excluding carboxylic acids is 1. The average molecular weight is 587 g/mol. The Hall–Kier alpha value is -1.82. The van der Waals surface area contributed by atoms with E-state index >= 15 is 0 Å². The average Bonchev–Trinajstić information content (AvgIpc) is 3.13. The molecule has 0 atom stereocenters. The molecule has 4 rings (SSSR count). The molecule has 1 aliphatic rings. The Labute approximate surface area is 218 Å². The van der Waals surface area contributed by atoms with E-state index in [1.165, 1.54) is 0 Å². The molecule has 0 aliphatic heterocycles. The monoisotopic (exact) mass is 585 g/mol. The minimum atomic E-state index is -1.21. The number of carbonyl (C=O) groups is 1. The van der Waals surface area contributed by atoms with Crippen LogP contribution in [0.5, 0.6) is 0 Å². The van der Waals surface area contributed by atoms with Gasteiger partial charge < -0.3 is 19.8 Å². The molecule has 0 saturated heterocycles. The van der Waals surface area contributed by atoms with Crippen molar-refractivity contribution in [2.24, 2.45) is 0 Å². The summed E-state index contributed by atoms with van der Waals surface area (Å²) in [5.41, 5.74) is 1.27. The lowest BCUT2D eigenvalue weighted by atomic mass is 9.86. The Balaban J connectivity index is 1.59. The first-order chi connectivity index (χ1) is 16.2. The number of hydrogen-bond donors (Lipinski definition) is 2.